The molecule has 1 heterocycles. The summed E-state index contributed by atoms with van der Waals surface area (Å²) in [4.78, 5) is 4.14. The zero-order valence-electron chi connectivity index (χ0n) is 6.79. The van der Waals surface area contributed by atoms with Gasteiger partial charge in [-0.05, 0) is 15.9 Å². The third kappa shape index (κ3) is 1.38. The van der Waals surface area contributed by atoms with Gasteiger partial charge in [0.1, 0.15) is 5.82 Å². The second-order valence-electron chi connectivity index (χ2n) is 2.64. The van der Waals surface area contributed by atoms with Gasteiger partial charge in [0.15, 0.2) is 0 Å². The quantitative estimate of drug-likeness (QED) is 0.591. The van der Waals surface area contributed by atoms with Crippen LogP contribution in [0.1, 0.15) is 0 Å². The van der Waals surface area contributed by atoms with E-state index in [0.29, 0.717) is 5.82 Å². The van der Waals surface area contributed by atoms with Gasteiger partial charge >= 0.3 is 0 Å². The van der Waals surface area contributed by atoms with Crippen LogP contribution in [0.25, 0.3) is 10.8 Å². The molecule has 66 valence electrons. The number of aromatic nitrogens is 1. The molecule has 0 amide bonds. The summed E-state index contributed by atoms with van der Waals surface area (Å²) in [5.74, 6) is 6.03. The van der Waals surface area contributed by atoms with Gasteiger partial charge in [0.2, 0.25) is 0 Å². The maximum absolute atomic E-state index is 5.34. The minimum atomic E-state index is 0.693. The van der Waals surface area contributed by atoms with Crippen molar-refractivity contribution in [3.8, 4) is 0 Å². The van der Waals surface area contributed by atoms with Crippen molar-refractivity contribution < 1.29 is 0 Å². The van der Waals surface area contributed by atoms with Crippen LogP contribution in [-0.2, 0) is 0 Å². The maximum Gasteiger partial charge on any atom is 0.147 e. The van der Waals surface area contributed by atoms with Crippen LogP contribution < -0.4 is 11.3 Å². The molecule has 3 nitrogen and oxygen atoms in total. The van der Waals surface area contributed by atoms with Crippen molar-refractivity contribution in [1.82, 2.24) is 4.98 Å². The van der Waals surface area contributed by atoms with Gasteiger partial charge in [-0.25, -0.2) is 10.8 Å². The molecule has 2 aromatic rings. The van der Waals surface area contributed by atoms with E-state index in [4.69, 9.17) is 5.84 Å². The highest BCUT2D eigenvalue weighted by atomic mass is 79.9. The Bertz CT molecular complexity index is 442. The number of hydrazine groups is 1. The first-order valence-corrected chi connectivity index (χ1v) is 4.62. The number of benzene rings is 1. The summed E-state index contributed by atoms with van der Waals surface area (Å²) in [6.07, 6.45) is 1.73. The number of rotatable bonds is 1. The zero-order chi connectivity index (χ0) is 9.26. The van der Waals surface area contributed by atoms with Crippen LogP contribution in [-0.4, -0.2) is 4.98 Å². The lowest BCUT2D eigenvalue weighted by atomic mass is 10.2. The van der Waals surface area contributed by atoms with E-state index in [9.17, 15) is 0 Å². The molecule has 0 spiro atoms. The van der Waals surface area contributed by atoms with E-state index in [1.807, 2.05) is 24.3 Å². The molecule has 0 radical (unpaired) electrons. The van der Waals surface area contributed by atoms with E-state index in [-0.39, 0.29) is 0 Å². The standard InChI is InChI=1S/C9H8BrN3/c10-8-5-12-9(13-11)7-4-2-1-3-6(7)8/h1-5H,11H2,(H,12,13). The van der Waals surface area contributed by atoms with Crippen molar-refractivity contribution in [2.24, 2.45) is 5.84 Å². The Morgan fingerprint density at radius 3 is 2.62 bits per heavy atom. The fraction of sp³-hybridized carbons (Fsp3) is 0. The van der Waals surface area contributed by atoms with Crippen molar-refractivity contribution in [2.45, 2.75) is 0 Å². The maximum atomic E-state index is 5.34. The van der Waals surface area contributed by atoms with Crippen LogP contribution in [0.2, 0.25) is 0 Å². The molecular formula is C9H8BrN3. The summed E-state index contributed by atoms with van der Waals surface area (Å²) in [6.45, 7) is 0. The van der Waals surface area contributed by atoms with E-state index in [2.05, 4.69) is 26.3 Å². The van der Waals surface area contributed by atoms with E-state index in [1.165, 1.54) is 0 Å². The second-order valence-corrected chi connectivity index (χ2v) is 3.50. The molecule has 1 aromatic heterocycles. The van der Waals surface area contributed by atoms with Crippen LogP contribution in [0.15, 0.2) is 34.9 Å². The highest BCUT2D eigenvalue weighted by Crippen LogP contribution is 2.26. The number of pyridine rings is 1. The summed E-state index contributed by atoms with van der Waals surface area (Å²) in [5.41, 5.74) is 2.57. The second kappa shape index (κ2) is 3.32. The molecular weight excluding hydrogens is 230 g/mol. The predicted molar refractivity (Wildman–Crippen MR) is 57.3 cm³/mol. The third-order valence-corrected chi connectivity index (χ3v) is 2.52. The number of hydrogen-bond acceptors (Lipinski definition) is 3. The third-order valence-electron chi connectivity index (χ3n) is 1.88. The fourth-order valence-corrected chi connectivity index (χ4v) is 1.72. The normalized spacial score (nSPS) is 10.3. The Hall–Kier alpha value is -1.13. The molecule has 0 fully saturated rings. The number of nitrogens with two attached hydrogens (primary N) is 1. The summed E-state index contributed by atoms with van der Waals surface area (Å²) in [7, 11) is 0. The first-order valence-electron chi connectivity index (χ1n) is 3.83. The van der Waals surface area contributed by atoms with Crippen molar-refractivity contribution >= 4 is 32.5 Å². The lowest BCUT2D eigenvalue weighted by molar-refractivity contribution is 1.24. The average Bonchev–Trinajstić information content (AvgIpc) is 2.19. The number of nitrogens with one attached hydrogen (secondary N) is 1. The van der Waals surface area contributed by atoms with Crippen molar-refractivity contribution in [3.05, 3.63) is 34.9 Å². The molecule has 2 rings (SSSR count). The molecule has 0 aliphatic heterocycles. The smallest absolute Gasteiger partial charge is 0.147 e. The van der Waals surface area contributed by atoms with Gasteiger partial charge < -0.3 is 5.43 Å². The molecule has 1 aromatic carbocycles. The van der Waals surface area contributed by atoms with Gasteiger partial charge in [-0.1, -0.05) is 24.3 Å². The van der Waals surface area contributed by atoms with Crippen LogP contribution in [0.5, 0.6) is 0 Å². The SMILES string of the molecule is NNc1ncc(Br)c2ccccc12. The van der Waals surface area contributed by atoms with Gasteiger partial charge in [0.05, 0.1) is 0 Å². The monoisotopic (exact) mass is 237 g/mol. The van der Waals surface area contributed by atoms with Gasteiger partial charge in [-0.15, -0.1) is 0 Å². The number of anilines is 1. The minimum absolute atomic E-state index is 0.693. The average molecular weight is 238 g/mol. The van der Waals surface area contributed by atoms with E-state index >= 15 is 0 Å². The molecule has 13 heavy (non-hydrogen) atoms. The predicted octanol–water partition coefficient (Wildman–Crippen LogP) is 2.28. The first-order chi connectivity index (χ1) is 6.33. The molecule has 0 aliphatic carbocycles. The number of halogens is 1. The van der Waals surface area contributed by atoms with Crippen LogP contribution >= 0.6 is 15.9 Å². The zero-order valence-corrected chi connectivity index (χ0v) is 8.38. The molecule has 3 N–H and O–H groups in total. The Balaban J connectivity index is 2.84. The lowest BCUT2D eigenvalue weighted by Crippen LogP contribution is -2.08. The van der Waals surface area contributed by atoms with Crippen LogP contribution in [0.3, 0.4) is 0 Å². The summed E-state index contributed by atoms with van der Waals surface area (Å²) >= 11 is 3.43. The Morgan fingerprint density at radius 1 is 1.23 bits per heavy atom. The van der Waals surface area contributed by atoms with Crippen molar-refractivity contribution in [3.63, 3.8) is 0 Å². The van der Waals surface area contributed by atoms with Gasteiger partial charge in [-0.3, -0.25) is 0 Å². The van der Waals surface area contributed by atoms with Crippen LogP contribution in [0.4, 0.5) is 5.82 Å². The Kier molecular flexibility index (Phi) is 2.16. The molecule has 0 atom stereocenters. The molecule has 0 unspecified atom stereocenters. The topological polar surface area (TPSA) is 50.9 Å². The summed E-state index contributed by atoms with van der Waals surface area (Å²) in [5, 5.41) is 2.12. The molecule has 0 aliphatic rings. The lowest BCUT2D eigenvalue weighted by Gasteiger charge is -2.05. The van der Waals surface area contributed by atoms with Crippen molar-refractivity contribution in [2.75, 3.05) is 5.43 Å². The number of nitrogens with zero attached hydrogens (tertiary/aromatic N) is 1. The summed E-state index contributed by atoms with van der Waals surface area (Å²) < 4.78 is 0.974. The largest absolute Gasteiger partial charge is 0.308 e. The van der Waals surface area contributed by atoms with E-state index in [0.717, 1.165) is 15.2 Å². The Morgan fingerprint density at radius 2 is 1.92 bits per heavy atom. The van der Waals surface area contributed by atoms with Gasteiger partial charge in [-0.2, -0.15) is 0 Å². The molecule has 0 bridgehead atoms. The highest BCUT2D eigenvalue weighted by Gasteiger charge is 2.02. The number of fused-ring (bicyclic) bond motifs is 1. The minimum Gasteiger partial charge on any atom is -0.308 e. The number of hydrogen-bond donors (Lipinski definition) is 2. The first kappa shape index (κ1) is 8.47. The van der Waals surface area contributed by atoms with Gasteiger partial charge in [0, 0.05) is 21.4 Å². The summed E-state index contributed by atoms with van der Waals surface area (Å²) in [6, 6.07) is 7.93. The van der Waals surface area contributed by atoms with Gasteiger partial charge in [0.25, 0.3) is 0 Å². The number of nitrogen functional groups attached to an aromatic ring is 1. The molecule has 0 saturated carbocycles. The van der Waals surface area contributed by atoms with Crippen molar-refractivity contribution in [1.29, 1.82) is 0 Å². The fourth-order valence-electron chi connectivity index (χ4n) is 1.27. The van der Waals surface area contributed by atoms with E-state index in [1.54, 1.807) is 6.20 Å². The molecule has 4 heteroatoms. The van der Waals surface area contributed by atoms with Crippen LogP contribution in [0, 0.1) is 0 Å². The molecule has 0 saturated heterocycles. The highest BCUT2D eigenvalue weighted by molar-refractivity contribution is 9.10. The Labute approximate surface area is 84.1 Å². The van der Waals surface area contributed by atoms with E-state index < -0.39 is 0 Å².